The van der Waals surface area contributed by atoms with Gasteiger partial charge in [0.25, 0.3) is 0 Å². The van der Waals surface area contributed by atoms with Crippen LogP contribution in [0.15, 0.2) is 78.9 Å². The van der Waals surface area contributed by atoms with Crippen LogP contribution in [0.3, 0.4) is 0 Å². The predicted molar refractivity (Wildman–Crippen MR) is 129 cm³/mol. The fourth-order valence-corrected chi connectivity index (χ4v) is 3.02. The molecule has 3 aromatic rings. The summed E-state index contributed by atoms with van der Waals surface area (Å²) in [6, 6.07) is 24.6. The maximum absolute atomic E-state index is 12.2. The molecule has 0 fully saturated rings. The molecule has 0 atom stereocenters. The molecule has 3 N–H and O–H groups in total. The molecule has 0 saturated carbocycles. The molecule has 0 aliphatic heterocycles. The third-order valence-corrected chi connectivity index (χ3v) is 4.60. The molecule has 0 spiro atoms. The number of rotatable bonds is 10. The predicted octanol–water partition coefficient (Wildman–Crippen LogP) is 5.30. The van der Waals surface area contributed by atoms with Crippen LogP contribution in [0.5, 0.6) is 5.75 Å². The number of anilines is 3. The third-order valence-electron chi connectivity index (χ3n) is 4.60. The molecule has 32 heavy (non-hydrogen) atoms. The Labute approximate surface area is 189 Å². The molecule has 0 radical (unpaired) electrons. The summed E-state index contributed by atoms with van der Waals surface area (Å²) >= 11 is 0. The molecule has 0 heterocycles. The van der Waals surface area contributed by atoms with Gasteiger partial charge in [0.15, 0.2) is 0 Å². The van der Waals surface area contributed by atoms with Gasteiger partial charge in [-0.1, -0.05) is 44.2 Å². The number of hydrogen-bond donors (Lipinski definition) is 3. The molecule has 3 aromatic carbocycles. The van der Waals surface area contributed by atoms with Crippen molar-refractivity contribution < 1.29 is 14.3 Å². The summed E-state index contributed by atoms with van der Waals surface area (Å²) in [6.45, 7) is 4.65. The molecular weight excluding hydrogens is 402 g/mol. The van der Waals surface area contributed by atoms with Crippen molar-refractivity contribution in [3.63, 3.8) is 0 Å². The number of carbonyl (C=O) groups is 2. The maximum atomic E-state index is 12.2. The average Bonchev–Trinajstić information content (AvgIpc) is 2.78. The summed E-state index contributed by atoms with van der Waals surface area (Å²) in [5.41, 5.74) is 3.32. The van der Waals surface area contributed by atoms with Crippen LogP contribution in [-0.2, 0) is 16.2 Å². The van der Waals surface area contributed by atoms with Gasteiger partial charge >= 0.3 is 0 Å². The Morgan fingerprint density at radius 1 is 0.750 bits per heavy atom. The zero-order valence-electron chi connectivity index (χ0n) is 18.4. The lowest BCUT2D eigenvalue weighted by molar-refractivity contribution is -0.117. The van der Waals surface area contributed by atoms with Gasteiger partial charge in [-0.3, -0.25) is 9.59 Å². The minimum Gasteiger partial charge on any atom is -0.489 e. The summed E-state index contributed by atoms with van der Waals surface area (Å²) in [7, 11) is 0. The minimum absolute atomic E-state index is 0.0162. The Kier molecular flexibility index (Phi) is 8.26. The van der Waals surface area contributed by atoms with E-state index in [0.717, 1.165) is 17.0 Å². The molecule has 0 aromatic heterocycles. The zero-order valence-corrected chi connectivity index (χ0v) is 18.4. The van der Waals surface area contributed by atoms with Crippen LogP contribution in [0.1, 0.15) is 25.8 Å². The van der Waals surface area contributed by atoms with E-state index in [0.29, 0.717) is 30.3 Å². The highest BCUT2D eigenvalue weighted by atomic mass is 16.5. The molecule has 6 nitrogen and oxygen atoms in total. The van der Waals surface area contributed by atoms with Crippen molar-refractivity contribution >= 4 is 28.9 Å². The van der Waals surface area contributed by atoms with Crippen LogP contribution in [0.25, 0.3) is 0 Å². The molecule has 0 aliphatic rings. The summed E-state index contributed by atoms with van der Waals surface area (Å²) < 4.78 is 5.77. The minimum atomic E-state index is -0.161. The van der Waals surface area contributed by atoms with E-state index in [9.17, 15) is 9.59 Å². The van der Waals surface area contributed by atoms with E-state index in [2.05, 4.69) is 16.0 Å². The second kappa shape index (κ2) is 11.6. The topological polar surface area (TPSA) is 79.5 Å². The van der Waals surface area contributed by atoms with E-state index in [-0.39, 0.29) is 18.4 Å². The van der Waals surface area contributed by atoms with Crippen LogP contribution in [0, 0.1) is 5.92 Å². The molecule has 166 valence electrons. The first kappa shape index (κ1) is 22.9. The Hall–Kier alpha value is -3.80. The monoisotopic (exact) mass is 431 g/mol. The standard InChI is InChI=1S/C26H29N3O3/c1-19(2)16-25(30)28-22-8-10-23(11-9-22)29-26(31)17-27-21-12-14-24(15-13-21)32-18-20-6-4-3-5-7-20/h3-15,19,27H,16-18H2,1-2H3,(H,28,30)(H,29,31). The first-order chi connectivity index (χ1) is 15.5. The quantitative estimate of drug-likeness (QED) is 0.407. The second-order valence-electron chi connectivity index (χ2n) is 7.92. The summed E-state index contributed by atoms with van der Waals surface area (Å²) in [5.74, 6) is 0.895. The first-order valence-electron chi connectivity index (χ1n) is 10.7. The summed E-state index contributed by atoms with van der Waals surface area (Å²) in [4.78, 5) is 24.1. The van der Waals surface area contributed by atoms with Gasteiger partial charge in [-0.2, -0.15) is 0 Å². The van der Waals surface area contributed by atoms with Gasteiger partial charge in [0.05, 0.1) is 6.54 Å². The molecule has 3 rings (SSSR count). The van der Waals surface area contributed by atoms with E-state index in [4.69, 9.17) is 4.74 Å². The van der Waals surface area contributed by atoms with Crippen molar-refractivity contribution in [3.8, 4) is 5.75 Å². The van der Waals surface area contributed by atoms with Crippen LogP contribution in [0.4, 0.5) is 17.1 Å². The Balaban J connectivity index is 1.41. The van der Waals surface area contributed by atoms with Crippen LogP contribution in [-0.4, -0.2) is 18.4 Å². The lowest BCUT2D eigenvalue weighted by Crippen LogP contribution is -2.21. The van der Waals surface area contributed by atoms with Gasteiger partial charge in [0.2, 0.25) is 11.8 Å². The highest BCUT2D eigenvalue weighted by Gasteiger charge is 2.06. The molecular formula is C26H29N3O3. The summed E-state index contributed by atoms with van der Waals surface area (Å²) in [6.07, 6.45) is 0.476. The highest BCUT2D eigenvalue weighted by Crippen LogP contribution is 2.18. The maximum Gasteiger partial charge on any atom is 0.243 e. The molecule has 0 bridgehead atoms. The van der Waals surface area contributed by atoms with E-state index in [1.165, 1.54) is 0 Å². The van der Waals surface area contributed by atoms with E-state index in [1.807, 2.05) is 68.4 Å². The highest BCUT2D eigenvalue weighted by molar-refractivity contribution is 5.94. The van der Waals surface area contributed by atoms with Gasteiger partial charge in [0.1, 0.15) is 12.4 Å². The average molecular weight is 432 g/mol. The Morgan fingerprint density at radius 3 is 1.91 bits per heavy atom. The second-order valence-corrected chi connectivity index (χ2v) is 7.92. The Bertz CT molecular complexity index is 1000. The van der Waals surface area contributed by atoms with E-state index < -0.39 is 0 Å². The number of benzene rings is 3. The van der Waals surface area contributed by atoms with Gasteiger partial charge in [-0.25, -0.2) is 0 Å². The molecule has 0 unspecified atom stereocenters. The van der Waals surface area contributed by atoms with Crippen molar-refractivity contribution in [1.82, 2.24) is 0 Å². The number of ether oxygens (including phenoxy) is 1. The SMILES string of the molecule is CC(C)CC(=O)Nc1ccc(NC(=O)CNc2ccc(OCc3ccccc3)cc2)cc1. The lowest BCUT2D eigenvalue weighted by Gasteiger charge is -2.11. The number of carbonyl (C=O) groups excluding carboxylic acids is 2. The molecule has 0 aliphatic carbocycles. The number of hydrogen-bond acceptors (Lipinski definition) is 4. The van der Waals surface area contributed by atoms with Gasteiger partial charge in [-0.15, -0.1) is 0 Å². The normalized spacial score (nSPS) is 10.5. The van der Waals surface area contributed by atoms with Crippen molar-refractivity contribution in [3.05, 3.63) is 84.4 Å². The van der Waals surface area contributed by atoms with Crippen molar-refractivity contribution in [2.45, 2.75) is 26.9 Å². The molecule has 2 amide bonds. The van der Waals surface area contributed by atoms with Gasteiger partial charge in [-0.05, 0) is 60.0 Å². The lowest BCUT2D eigenvalue weighted by atomic mass is 10.1. The van der Waals surface area contributed by atoms with Gasteiger partial charge in [0, 0.05) is 23.5 Å². The Morgan fingerprint density at radius 2 is 1.31 bits per heavy atom. The molecule has 0 saturated heterocycles. The van der Waals surface area contributed by atoms with Crippen LogP contribution in [0.2, 0.25) is 0 Å². The largest absolute Gasteiger partial charge is 0.489 e. The van der Waals surface area contributed by atoms with Crippen LogP contribution >= 0.6 is 0 Å². The van der Waals surface area contributed by atoms with Crippen molar-refractivity contribution in [1.29, 1.82) is 0 Å². The van der Waals surface area contributed by atoms with Crippen molar-refractivity contribution in [2.24, 2.45) is 5.92 Å². The fourth-order valence-electron chi connectivity index (χ4n) is 3.02. The fraction of sp³-hybridized carbons (Fsp3) is 0.231. The third kappa shape index (κ3) is 7.80. The van der Waals surface area contributed by atoms with Crippen molar-refractivity contribution in [2.75, 3.05) is 22.5 Å². The first-order valence-corrected chi connectivity index (χ1v) is 10.7. The zero-order chi connectivity index (χ0) is 22.8. The van der Waals surface area contributed by atoms with E-state index in [1.54, 1.807) is 24.3 Å². The number of nitrogens with one attached hydrogen (secondary N) is 3. The van der Waals surface area contributed by atoms with Gasteiger partial charge < -0.3 is 20.7 Å². The number of amides is 2. The smallest absolute Gasteiger partial charge is 0.243 e. The summed E-state index contributed by atoms with van der Waals surface area (Å²) in [5, 5.41) is 8.78. The van der Waals surface area contributed by atoms with Crippen LogP contribution < -0.4 is 20.7 Å². The molecule has 6 heteroatoms. The van der Waals surface area contributed by atoms with E-state index >= 15 is 0 Å².